The van der Waals surface area contributed by atoms with Crippen molar-refractivity contribution in [1.82, 2.24) is 19.1 Å². The van der Waals surface area contributed by atoms with E-state index in [0.717, 1.165) is 4.57 Å². The number of aliphatic hydroxyl groups excluding tert-OH is 2. The summed E-state index contributed by atoms with van der Waals surface area (Å²) in [6, 6.07) is 7.14. The van der Waals surface area contributed by atoms with Crippen LogP contribution in [0.3, 0.4) is 0 Å². The summed E-state index contributed by atoms with van der Waals surface area (Å²) in [7, 11) is 4.56. The third kappa shape index (κ3) is 4.54. The lowest BCUT2D eigenvalue weighted by Gasteiger charge is -2.12. The molecule has 0 aliphatic heterocycles. The largest absolute Gasteiger partial charge is 0.493 e. The van der Waals surface area contributed by atoms with Gasteiger partial charge >= 0.3 is 5.69 Å². The third-order valence-corrected chi connectivity index (χ3v) is 3.74. The van der Waals surface area contributed by atoms with Crippen molar-refractivity contribution in [3.63, 3.8) is 0 Å². The number of aromatic amines is 1. The van der Waals surface area contributed by atoms with E-state index in [2.05, 4.69) is 9.97 Å². The molecule has 0 saturated heterocycles. The molecule has 1 atom stereocenters. The van der Waals surface area contributed by atoms with E-state index in [1.165, 1.54) is 17.9 Å². The Hall–Kier alpha value is -3.11. The lowest BCUT2D eigenvalue weighted by molar-refractivity contribution is 0.0527. The molecule has 10 nitrogen and oxygen atoms in total. The molecule has 0 aliphatic carbocycles. The van der Waals surface area contributed by atoms with Crippen LogP contribution in [0.4, 0.5) is 0 Å². The minimum absolute atomic E-state index is 0.0525. The second kappa shape index (κ2) is 9.01. The molecule has 0 fully saturated rings. The number of para-hydroxylation sites is 2. The van der Waals surface area contributed by atoms with Crippen molar-refractivity contribution in [3.8, 4) is 11.5 Å². The van der Waals surface area contributed by atoms with E-state index in [-0.39, 0.29) is 24.5 Å². The molecule has 2 aromatic heterocycles. The van der Waals surface area contributed by atoms with E-state index < -0.39 is 6.10 Å². The smallest absolute Gasteiger partial charge is 0.332 e. The van der Waals surface area contributed by atoms with Gasteiger partial charge in [0.05, 0.1) is 20.0 Å². The minimum Gasteiger partial charge on any atom is -0.493 e. The first-order valence-electron chi connectivity index (χ1n) is 8.04. The number of hydrogen-bond donors (Lipinski definition) is 3. The molecular weight excluding hydrogens is 356 g/mol. The van der Waals surface area contributed by atoms with E-state index in [4.69, 9.17) is 19.7 Å². The lowest BCUT2D eigenvalue weighted by Crippen LogP contribution is -2.36. The fourth-order valence-electron chi connectivity index (χ4n) is 2.25. The number of rotatable bonds is 5. The van der Waals surface area contributed by atoms with Gasteiger partial charge in [0.2, 0.25) is 0 Å². The summed E-state index contributed by atoms with van der Waals surface area (Å²) in [5, 5.41) is 17.6. The highest BCUT2D eigenvalue weighted by molar-refractivity contribution is 5.68. The maximum absolute atomic E-state index is 11.4. The van der Waals surface area contributed by atoms with Crippen molar-refractivity contribution >= 4 is 11.2 Å². The van der Waals surface area contributed by atoms with Crippen LogP contribution in [0.5, 0.6) is 11.5 Å². The SMILES string of the molecule is COc1ccccc1OCC(O)CO.Cn1c(=O)c2[nH]cnc2n(C)c1=O. The molecule has 3 aromatic rings. The summed E-state index contributed by atoms with van der Waals surface area (Å²) >= 11 is 0. The molecule has 146 valence electrons. The van der Waals surface area contributed by atoms with Gasteiger partial charge in [-0.15, -0.1) is 0 Å². The van der Waals surface area contributed by atoms with Crippen molar-refractivity contribution < 1.29 is 19.7 Å². The highest BCUT2D eigenvalue weighted by Gasteiger charge is 2.09. The molecule has 0 saturated carbocycles. The van der Waals surface area contributed by atoms with Crippen LogP contribution in [-0.2, 0) is 14.1 Å². The predicted octanol–water partition coefficient (Wildman–Crippen LogP) is -0.613. The van der Waals surface area contributed by atoms with Crippen molar-refractivity contribution in [2.75, 3.05) is 20.3 Å². The number of fused-ring (bicyclic) bond motifs is 1. The molecule has 1 aromatic carbocycles. The first-order chi connectivity index (χ1) is 12.9. The Morgan fingerprint density at radius 2 is 1.85 bits per heavy atom. The number of aromatic nitrogens is 4. The molecule has 3 rings (SSSR count). The van der Waals surface area contributed by atoms with Crippen LogP contribution in [0, 0.1) is 0 Å². The number of aryl methyl sites for hydroxylation is 1. The molecule has 0 spiro atoms. The Labute approximate surface area is 154 Å². The molecule has 0 amide bonds. The van der Waals surface area contributed by atoms with E-state index in [0.29, 0.717) is 22.7 Å². The van der Waals surface area contributed by atoms with Gasteiger partial charge in [-0.05, 0) is 12.1 Å². The average molecular weight is 378 g/mol. The molecule has 1 unspecified atom stereocenters. The van der Waals surface area contributed by atoms with Gasteiger partial charge in [-0.3, -0.25) is 13.9 Å². The van der Waals surface area contributed by atoms with E-state index in [9.17, 15) is 9.59 Å². The normalized spacial score (nSPS) is 11.6. The Kier molecular flexibility index (Phi) is 6.74. The van der Waals surface area contributed by atoms with Gasteiger partial charge in [-0.2, -0.15) is 0 Å². The first-order valence-corrected chi connectivity index (χ1v) is 8.04. The van der Waals surface area contributed by atoms with E-state index in [1.54, 1.807) is 26.3 Å². The van der Waals surface area contributed by atoms with Gasteiger partial charge in [-0.25, -0.2) is 9.78 Å². The number of methoxy groups -OCH3 is 1. The fraction of sp³-hybridized carbons (Fsp3) is 0.353. The standard InChI is InChI=1S/C10H14O4.C7H8N4O2/c1-13-9-4-2-3-5-10(9)14-7-8(12)6-11;1-10-5-4(8-3-9-5)6(12)11(2)7(10)13/h2-5,8,11-12H,6-7H2,1H3;3H,1-2H3,(H,8,9). The molecule has 27 heavy (non-hydrogen) atoms. The maximum atomic E-state index is 11.4. The third-order valence-electron chi connectivity index (χ3n) is 3.74. The number of benzene rings is 1. The van der Waals surface area contributed by atoms with Crippen LogP contribution in [0.15, 0.2) is 40.2 Å². The van der Waals surface area contributed by atoms with Gasteiger partial charge in [0.25, 0.3) is 5.56 Å². The fourth-order valence-corrected chi connectivity index (χ4v) is 2.25. The monoisotopic (exact) mass is 378 g/mol. The van der Waals surface area contributed by atoms with Crippen LogP contribution >= 0.6 is 0 Å². The zero-order valence-corrected chi connectivity index (χ0v) is 15.2. The number of nitrogens with zero attached hydrogens (tertiary/aromatic N) is 3. The van der Waals surface area contributed by atoms with E-state index >= 15 is 0 Å². The number of hydrogen-bond acceptors (Lipinski definition) is 7. The van der Waals surface area contributed by atoms with Crippen LogP contribution in [-0.4, -0.2) is 55.7 Å². The number of ether oxygens (including phenoxy) is 2. The number of nitrogens with one attached hydrogen (secondary N) is 1. The van der Waals surface area contributed by atoms with Crippen LogP contribution < -0.4 is 20.7 Å². The quantitative estimate of drug-likeness (QED) is 0.539. The number of imidazole rings is 1. The molecule has 10 heteroatoms. The molecular formula is C17H22N4O6. The van der Waals surface area contributed by atoms with Crippen molar-refractivity contribution in [3.05, 3.63) is 51.4 Å². The number of H-pyrrole nitrogens is 1. The highest BCUT2D eigenvalue weighted by atomic mass is 16.5. The van der Waals surface area contributed by atoms with Gasteiger partial charge in [-0.1, -0.05) is 12.1 Å². The van der Waals surface area contributed by atoms with Crippen LogP contribution in [0.1, 0.15) is 0 Å². The number of aliphatic hydroxyl groups is 2. The van der Waals surface area contributed by atoms with Crippen molar-refractivity contribution in [2.45, 2.75) is 6.10 Å². The second-order valence-electron chi connectivity index (χ2n) is 5.61. The minimum atomic E-state index is -0.861. The zero-order chi connectivity index (χ0) is 20.0. The molecule has 0 radical (unpaired) electrons. The summed E-state index contributed by atoms with van der Waals surface area (Å²) < 4.78 is 12.7. The summed E-state index contributed by atoms with van der Waals surface area (Å²) in [6.07, 6.45) is 0.533. The summed E-state index contributed by atoms with van der Waals surface area (Å²) in [5.41, 5.74) is 0.0119. The molecule has 0 aliphatic rings. The van der Waals surface area contributed by atoms with Crippen LogP contribution in [0.25, 0.3) is 11.2 Å². The Balaban J connectivity index is 0.000000194. The Morgan fingerprint density at radius 3 is 2.48 bits per heavy atom. The summed E-state index contributed by atoms with van der Waals surface area (Å²) in [6.45, 7) is -0.258. The maximum Gasteiger partial charge on any atom is 0.332 e. The van der Waals surface area contributed by atoms with Crippen molar-refractivity contribution in [1.29, 1.82) is 0 Å². The lowest BCUT2D eigenvalue weighted by atomic mass is 10.3. The molecule has 0 bridgehead atoms. The zero-order valence-electron chi connectivity index (χ0n) is 15.2. The van der Waals surface area contributed by atoms with Gasteiger partial charge < -0.3 is 24.7 Å². The molecule has 2 heterocycles. The van der Waals surface area contributed by atoms with Gasteiger partial charge in [0, 0.05) is 14.1 Å². The summed E-state index contributed by atoms with van der Waals surface area (Å²) in [5.74, 6) is 1.17. The average Bonchev–Trinajstić information content (AvgIpc) is 3.19. The van der Waals surface area contributed by atoms with Crippen LogP contribution in [0.2, 0.25) is 0 Å². The van der Waals surface area contributed by atoms with Crippen molar-refractivity contribution in [2.24, 2.45) is 14.1 Å². The predicted molar refractivity (Wildman–Crippen MR) is 98.2 cm³/mol. The Morgan fingerprint density at radius 1 is 1.19 bits per heavy atom. The second-order valence-corrected chi connectivity index (χ2v) is 5.61. The topological polar surface area (TPSA) is 132 Å². The highest BCUT2D eigenvalue weighted by Crippen LogP contribution is 2.25. The molecule has 3 N–H and O–H groups in total. The summed E-state index contributed by atoms with van der Waals surface area (Å²) in [4.78, 5) is 29.4. The van der Waals surface area contributed by atoms with E-state index in [1.807, 2.05) is 12.1 Å². The van der Waals surface area contributed by atoms with Gasteiger partial charge in [0.15, 0.2) is 17.1 Å². The Bertz CT molecular complexity index is 1010. The van der Waals surface area contributed by atoms with Gasteiger partial charge in [0.1, 0.15) is 18.2 Å². The first kappa shape index (κ1) is 20.2.